The Kier molecular flexibility index (Phi) is 4.30. The summed E-state index contributed by atoms with van der Waals surface area (Å²) in [6, 6.07) is 7.63. The average Bonchev–Trinajstić information content (AvgIpc) is 2.88. The molecular weight excluding hydrogens is 230 g/mol. The number of nitrogens with zero attached hydrogens (tertiary/aromatic N) is 2. The van der Waals surface area contributed by atoms with E-state index in [0.717, 1.165) is 30.8 Å². The largest absolute Gasteiger partial charge is 0.496 e. The maximum absolute atomic E-state index is 5.27. The van der Waals surface area contributed by atoms with Crippen LogP contribution in [0, 0.1) is 0 Å². The molecule has 0 aliphatic rings. The zero-order chi connectivity index (χ0) is 12.8. The van der Waals surface area contributed by atoms with Crippen molar-refractivity contribution in [2.75, 3.05) is 20.2 Å². The van der Waals surface area contributed by atoms with Crippen LogP contribution in [-0.4, -0.2) is 30.3 Å². The van der Waals surface area contributed by atoms with E-state index in [0.29, 0.717) is 11.7 Å². The lowest BCUT2D eigenvalue weighted by atomic mass is 10.2. The maximum atomic E-state index is 5.27. The van der Waals surface area contributed by atoms with Crippen molar-refractivity contribution in [3.05, 3.63) is 30.2 Å². The molecule has 1 heterocycles. The number of hydrogen-bond acceptors (Lipinski definition) is 5. The van der Waals surface area contributed by atoms with Crippen molar-refractivity contribution >= 4 is 0 Å². The van der Waals surface area contributed by atoms with Crippen LogP contribution in [-0.2, 0) is 6.42 Å². The number of likely N-dealkylation sites (N-methyl/N-ethyl adjacent to an activating group) is 1. The zero-order valence-electron chi connectivity index (χ0n) is 10.6. The zero-order valence-corrected chi connectivity index (χ0v) is 10.6. The topological polar surface area (TPSA) is 60.2 Å². The minimum Gasteiger partial charge on any atom is -0.496 e. The summed E-state index contributed by atoms with van der Waals surface area (Å²) in [5, 5.41) is 7.20. The summed E-state index contributed by atoms with van der Waals surface area (Å²) >= 11 is 0. The van der Waals surface area contributed by atoms with Gasteiger partial charge in [-0.1, -0.05) is 24.2 Å². The monoisotopic (exact) mass is 247 g/mol. The van der Waals surface area contributed by atoms with Gasteiger partial charge in [-0.2, -0.15) is 4.98 Å². The van der Waals surface area contributed by atoms with Crippen LogP contribution < -0.4 is 10.1 Å². The van der Waals surface area contributed by atoms with E-state index < -0.39 is 0 Å². The number of ether oxygens (including phenoxy) is 1. The highest BCUT2D eigenvalue weighted by atomic mass is 16.5. The number of para-hydroxylation sites is 1. The molecule has 0 amide bonds. The average molecular weight is 247 g/mol. The van der Waals surface area contributed by atoms with E-state index in [2.05, 4.69) is 22.4 Å². The molecule has 2 aromatic rings. The number of hydrogen-bond donors (Lipinski definition) is 1. The molecule has 18 heavy (non-hydrogen) atoms. The van der Waals surface area contributed by atoms with Crippen LogP contribution >= 0.6 is 0 Å². The number of nitrogens with one attached hydrogen (secondary N) is 1. The third-order valence-corrected chi connectivity index (χ3v) is 2.58. The Morgan fingerprint density at radius 2 is 2.17 bits per heavy atom. The van der Waals surface area contributed by atoms with Gasteiger partial charge in [-0.15, -0.1) is 0 Å². The molecule has 0 unspecified atom stereocenters. The fourth-order valence-electron chi connectivity index (χ4n) is 1.67. The van der Waals surface area contributed by atoms with Gasteiger partial charge in [0.25, 0.3) is 0 Å². The van der Waals surface area contributed by atoms with E-state index in [1.807, 2.05) is 24.3 Å². The van der Waals surface area contributed by atoms with Crippen LogP contribution in [0.4, 0.5) is 0 Å². The predicted molar refractivity (Wildman–Crippen MR) is 68.5 cm³/mol. The number of methoxy groups -OCH3 is 1. The van der Waals surface area contributed by atoms with Crippen molar-refractivity contribution in [1.82, 2.24) is 15.5 Å². The van der Waals surface area contributed by atoms with Gasteiger partial charge in [-0.25, -0.2) is 0 Å². The lowest BCUT2D eigenvalue weighted by molar-refractivity contribution is 0.376. The third kappa shape index (κ3) is 2.87. The van der Waals surface area contributed by atoms with Crippen molar-refractivity contribution in [2.24, 2.45) is 0 Å². The predicted octanol–water partition coefficient (Wildman–Crippen LogP) is 1.90. The molecule has 0 radical (unpaired) electrons. The summed E-state index contributed by atoms with van der Waals surface area (Å²) in [4.78, 5) is 4.36. The third-order valence-electron chi connectivity index (χ3n) is 2.58. The summed E-state index contributed by atoms with van der Waals surface area (Å²) in [6.45, 7) is 3.84. The van der Waals surface area contributed by atoms with Gasteiger partial charge in [-0.3, -0.25) is 0 Å². The summed E-state index contributed by atoms with van der Waals surface area (Å²) in [6.07, 6.45) is 0.732. The molecule has 96 valence electrons. The molecule has 1 aromatic heterocycles. The van der Waals surface area contributed by atoms with Crippen molar-refractivity contribution in [3.63, 3.8) is 0 Å². The summed E-state index contributed by atoms with van der Waals surface area (Å²) in [5.41, 5.74) is 0.846. The standard InChI is InChI=1S/C13H17N3O2/c1-3-14-9-8-12-15-13(16-18-12)10-6-4-5-7-11(10)17-2/h4-7,14H,3,8-9H2,1-2H3. The minimum absolute atomic E-state index is 0.568. The maximum Gasteiger partial charge on any atom is 0.228 e. The Balaban J connectivity index is 2.13. The molecule has 1 aromatic carbocycles. The normalized spacial score (nSPS) is 10.6. The molecule has 5 nitrogen and oxygen atoms in total. The second-order valence-electron chi connectivity index (χ2n) is 3.82. The molecular formula is C13H17N3O2. The molecule has 0 aliphatic carbocycles. The van der Waals surface area contributed by atoms with Gasteiger partial charge in [0.15, 0.2) is 0 Å². The van der Waals surface area contributed by atoms with Crippen LogP contribution in [0.5, 0.6) is 5.75 Å². The van der Waals surface area contributed by atoms with Crippen LogP contribution in [0.15, 0.2) is 28.8 Å². The first-order chi connectivity index (χ1) is 8.85. The van der Waals surface area contributed by atoms with E-state index in [4.69, 9.17) is 9.26 Å². The molecule has 0 spiro atoms. The van der Waals surface area contributed by atoms with E-state index >= 15 is 0 Å². The molecule has 0 aliphatic heterocycles. The molecule has 1 N–H and O–H groups in total. The van der Waals surface area contributed by atoms with Crippen LogP contribution in [0.3, 0.4) is 0 Å². The first kappa shape index (κ1) is 12.6. The van der Waals surface area contributed by atoms with Crippen LogP contribution in [0.25, 0.3) is 11.4 Å². The molecule has 0 bridgehead atoms. The van der Waals surface area contributed by atoms with Gasteiger partial charge in [0, 0.05) is 13.0 Å². The minimum atomic E-state index is 0.568. The van der Waals surface area contributed by atoms with Crippen LogP contribution in [0.1, 0.15) is 12.8 Å². The lowest BCUT2D eigenvalue weighted by Gasteiger charge is -2.03. The fourth-order valence-corrected chi connectivity index (χ4v) is 1.67. The number of benzene rings is 1. The molecule has 2 rings (SSSR count). The quantitative estimate of drug-likeness (QED) is 0.790. The lowest BCUT2D eigenvalue weighted by Crippen LogP contribution is -2.16. The Morgan fingerprint density at radius 3 is 2.94 bits per heavy atom. The van der Waals surface area contributed by atoms with Gasteiger partial charge in [0.2, 0.25) is 11.7 Å². The highest BCUT2D eigenvalue weighted by Crippen LogP contribution is 2.26. The van der Waals surface area contributed by atoms with Crippen molar-refractivity contribution in [1.29, 1.82) is 0 Å². The van der Waals surface area contributed by atoms with E-state index in [-0.39, 0.29) is 0 Å². The molecule has 5 heteroatoms. The van der Waals surface area contributed by atoms with Gasteiger partial charge >= 0.3 is 0 Å². The smallest absolute Gasteiger partial charge is 0.228 e. The van der Waals surface area contributed by atoms with Crippen molar-refractivity contribution in [3.8, 4) is 17.1 Å². The summed E-state index contributed by atoms with van der Waals surface area (Å²) in [5.74, 6) is 1.95. The van der Waals surface area contributed by atoms with Gasteiger partial charge < -0.3 is 14.6 Å². The van der Waals surface area contributed by atoms with Crippen molar-refractivity contribution in [2.45, 2.75) is 13.3 Å². The highest BCUT2D eigenvalue weighted by molar-refractivity contribution is 5.63. The second kappa shape index (κ2) is 6.16. The first-order valence-corrected chi connectivity index (χ1v) is 6.02. The van der Waals surface area contributed by atoms with E-state index in [1.165, 1.54) is 0 Å². The highest BCUT2D eigenvalue weighted by Gasteiger charge is 2.12. The molecule has 0 saturated carbocycles. The van der Waals surface area contributed by atoms with Crippen molar-refractivity contribution < 1.29 is 9.26 Å². The van der Waals surface area contributed by atoms with Crippen LogP contribution in [0.2, 0.25) is 0 Å². The Morgan fingerprint density at radius 1 is 1.33 bits per heavy atom. The Bertz CT molecular complexity index is 496. The molecule has 0 saturated heterocycles. The van der Waals surface area contributed by atoms with E-state index in [9.17, 15) is 0 Å². The second-order valence-corrected chi connectivity index (χ2v) is 3.82. The van der Waals surface area contributed by atoms with E-state index in [1.54, 1.807) is 7.11 Å². The van der Waals surface area contributed by atoms with Gasteiger partial charge in [0.05, 0.1) is 12.7 Å². The summed E-state index contributed by atoms with van der Waals surface area (Å²) < 4.78 is 10.5. The number of rotatable bonds is 6. The SMILES string of the molecule is CCNCCc1nc(-c2ccccc2OC)no1. The van der Waals surface area contributed by atoms with Gasteiger partial charge in [-0.05, 0) is 18.7 Å². The fraction of sp³-hybridized carbons (Fsp3) is 0.385. The molecule has 0 fully saturated rings. The molecule has 0 atom stereocenters. The first-order valence-electron chi connectivity index (χ1n) is 6.02. The Hall–Kier alpha value is -1.88. The summed E-state index contributed by atoms with van der Waals surface area (Å²) in [7, 11) is 1.63. The Labute approximate surface area is 106 Å². The van der Waals surface area contributed by atoms with Gasteiger partial charge in [0.1, 0.15) is 5.75 Å². The number of aromatic nitrogens is 2.